The lowest BCUT2D eigenvalue weighted by Gasteiger charge is -2.15. The molecule has 0 saturated heterocycles. The minimum Gasteiger partial charge on any atom is -0.495 e. The molecule has 0 aliphatic carbocycles. The number of nitrogens with one attached hydrogen (secondary N) is 1. The molecule has 0 aliphatic rings. The third kappa shape index (κ3) is 5.21. The van der Waals surface area contributed by atoms with Crippen LogP contribution in [-0.2, 0) is 16.0 Å². The monoisotopic (exact) mass is 391 g/mol. The Kier molecular flexibility index (Phi) is 6.79. The zero-order valence-corrected chi connectivity index (χ0v) is 15.4. The minimum absolute atomic E-state index is 0.0292. The summed E-state index contributed by atoms with van der Waals surface area (Å²) in [5.74, 6) is -1.93. The highest BCUT2D eigenvalue weighted by atomic mass is 35.5. The first-order valence-corrected chi connectivity index (χ1v) is 8.28. The van der Waals surface area contributed by atoms with Crippen LogP contribution in [0.25, 0.3) is 0 Å². The molecule has 2 aromatic carbocycles. The van der Waals surface area contributed by atoms with Crippen molar-refractivity contribution < 1.29 is 29.0 Å². The lowest BCUT2D eigenvalue weighted by Crippen LogP contribution is -2.42. The largest absolute Gasteiger partial charge is 0.495 e. The summed E-state index contributed by atoms with van der Waals surface area (Å²) in [7, 11) is 2.71. The number of carbonyl (C=O) groups excluding carboxylic acids is 2. The quantitative estimate of drug-likeness (QED) is 0.703. The maximum atomic E-state index is 12.4. The maximum absolute atomic E-state index is 12.4. The van der Waals surface area contributed by atoms with Gasteiger partial charge in [0, 0.05) is 12.0 Å². The van der Waals surface area contributed by atoms with Gasteiger partial charge in [-0.15, -0.1) is 0 Å². The van der Waals surface area contributed by atoms with Crippen molar-refractivity contribution in [3.63, 3.8) is 0 Å². The second-order valence-corrected chi connectivity index (χ2v) is 6.02. The van der Waals surface area contributed by atoms with Gasteiger partial charge in [-0.1, -0.05) is 23.7 Å². The second-order valence-electron chi connectivity index (χ2n) is 5.61. The molecule has 0 unspecified atom stereocenters. The van der Waals surface area contributed by atoms with Crippen molar-refractivity contribution in [3.05, 3.63) is 64.2 Å². The Balaban J connectivity index is 2.16. The summed E-state index contributed by atoms with van der Waals surface area (Å²) in [5.41, 5.74) is 0.965. The van der Waals surface area contributed by atoms with Gasteiger partial charge in [-0.05, 0) is 35.9 Å². The molecule has 0 radical (unpaired) electrons. The van der Waals surface area contributed by atoms with Crippen molar-refractivity contribution in [3.8, 4) is 5.75 Å². The minimum atomic E-state index is -1.19. The molecule has 0 aliphatic heterocycles. The first-order chi connectivity index (χ1) is 12.8. The van der Waals surface area contributed by atoms with Crippen molar-refractivity contribution in [2.45, 2.75) is 12.5 Å². The van der Waals surface area contributed by atoms with Crippen molar-refractivity contribution >= 4 is 29.4 Å². The Morgan fingerprint density at radius 1 is 1.11 bits per heavy atom. The van der Waals surface area contributed by atoms with Gasteiger partial charge in [0.2, 0.25) is 0 Å². The van der Waals surface area contributed by atoms with E-state index in [1.165, 1.54) is 38.5 Å². The molecule has 0 bridgehead atoms. The summed E-state index contributed by atoms with van der Waals surface area (Å²) < 4.78 is 9.67. The summed E-state index contributed by atoms with van der Waals surface area (Å²) in [5, 5.41) is 12.2. The summed E-state index contributed by atoms with van der Waals surface area (Å²) in [6.45, 7) is 0. The molecule has 27 heavy (non-hydrogen) atoms. The normalized spacial score (nSPS) is 11.4. The van der Waals surface area contributed by atoms with E-state index in [2.05, 4.69) is 10.1 Å². The third-order valence-electron chi connectivity index (χ3n) is 3.81. The van der Waals surface area contributed by atoms with Crippen LogP contribution in [0.5, 0.6) is 5.75 Å². The van der Waals surface area contributed by atoms with Gasteiger partial charge in [0.05, 0.1) is 24.8 Å². The Morgan fingerprint density at radius 2 is 1.81 bits per heavy atom. The lowest BCUT2D eigenvalue weighted by atomic mass is 10.0. The molecule has 1 amide bonds. The zero-order chi connectivity index (χ0) is 20.0. The number of halogens is 1. The fourth-order valence-corrected chi connectivity index (χ4v) is 2.70. The molecular formula is C19H18ClNO6. The van der Waals surface area contributed by atoms with Crippen LogP contribution < -0.4 is 10.1 Å². The van der Waals surface area contributed by atoms with Crippen molar-refractivity contribution in [1.29, 1.82) is 0 Å². The third-order valence-corrected chi connectivity index (χ3v) is 4.10. The van der Waals surface area contributed by atoms with Crippen LogP contribution >= 0.6 is 11.6 Å². The first-order valence-electron chi connectivity index (χ1n) is 7.90. The molecule has 142 valence electrons. The van der Waals surface area contributed by atoms with E-state index >= 15 is 0 Å². The van der Waals surface area contributed by atoms with Gasteiger partial charge in [-0.2, -0.15) is 0 Å². The number of carboxylic acid groups (broad SMARTS) is 1. The molecule has 0 aromatic heterocycles. The average Bonchev–Trinajstić information content (AvgIpc) is 2.66. The van der Waals surface area contributed by atoms with Crippen LogP contribution in [0.2, 0.25) is 5.02 Å². The molecule has 2 rings (SSSR count). The van der Waals surface area contributed by atoms with Gasteiger partial charge in [-0.3, -0.25) is 4.79 Å². The molecule has 7 nitrogen and oxygen atoms in total. The summed E-state index contributed by atoms with van der Waals surface area (Å²) in [4.78, 5) is 35.5. The molecule has 0 saturated carbocycles. The summed E-state index contributed by atoms with van der Waals surface area (Å²) in [6.07, 6.45) is 0.0292. The van der Waals surface area contributed by atoms with E-state index in [0.29, 0.717) is 16.3 Å². The van der Waals surface area contributed by atoms with Crippen LogP contribution in [0, 0.1) is 0 Å². The number of carbonyl (C=O) groups is 3. The van der Waals surface area contributed by atoms with Gasteiger partial charge in [0.1, 0.15) is 11.8 Å². The van der Waals surface area contributed by atoms with E-state index in [1.54, 1.807) is 18.2 Å². The number of esters is 1. The Hall–Kier alpha value is -3.06. The standard InChI is InChI=1S/C19H18ClNO6/c1-26-16-7-6-11(8-14(16)20)9-15(18(23)24)21-17(22)12-4-3-5-13(10-12)19(25)27-2/h3-8,10,15H,9H2,1-2H3,(H,21,22)(H,23,24)/t15-/m1/s1. The number of amides is 1. The zero-order valence-electron chi connectivity index (χ0n) is 14.7. The van der Waals surface area contributed by atoms with Crippen LogP contribution in [-0.4, -0.2) is 43.2 Å². The second kappa shape index (κ2) is 9.05. The van der Waals surface area contributed by atoms with Gasteiger partial charge >= 0.3 is 11.9 Å². The fraction of sp³-hybridized carbons (Fsp3) is 0.211. The molecule has 1 atom stereocenters. The molecule has 0 spiro atoms. The van der Waals surface area contributed by atoms with Crippen molar-refractivity contribution in [2.75, 3.05) is 14.2 Å². The maximum Gasteiger partial charge on any atom is 0.337 e. The predicted octanol–water partition coefficient (Wildman–Crippen LogP) is 2.56. The summed E-state index contributed by atoms with van der Waals surface area (Å²) in [6, 6.07) is 9.53. The number of benzene rings is 2. The number of hydrogen-bond acceptors (Lipinski definition) is 5. The number of aliphatic carboxylic acids is 1. The lowest BCUT2D eigenvalue weighted by molar-refractivity contribution is -0.139. The SMILES string of the molecule is COC(=O)c1cccc(C(=O)N[C@H](Cc2ccc(OC)c(Cl)c2)C(=O)O)c1. The number of methoxy groups -OCH3 is 2. The molecule has 0 heterocycles. The summed E-state index contributed by atoms with van der Waals surface area (Å²) >= 11 is 6.05. The predicted molar refractivity (Wildman–Crippen MR) is 98.4 cm³/mol. The Bertz CT molecular complexity index is 867. The fourth-order valence-electron chi connectivity index (χ4n) is 2.42. The van der Waals surface area contributed by atoms with E-state index in [0.717, 1.165) is 0 Å². The number of ether oxygens (including phenoxy) is 2. The van der Waals surface area contributed by atoms with E-state index in [-0.39, 0.29) is 17.5 Å². The Labute approximate surface area is 160 Å². The highest BCUT2D eigenvalue weighted by Gasteiger charge is 2.22. The molecule has 8 heteroatoms. The molecule has 2 N–H and O–H groups in total. The Morgan fingerprint density at radius 3 is 2.41 bits per heavy atom. The highest BCUT2D eigenvalue weighted by molar-refractivity contribution is 6.32. The topological polar surface area (TPSA) is 102 Å². The molecular weight excluding hydrogens is 374 g/mol. The molecule has 0 fully saturated rings. The van der Waals surface area contributed by atoms with Crippen molar-refractivity contribution in [2.24, 2.45) is 0 Å². The molecule has 2 aromatic rings. The smallest absolute Gasteiger partial charge is 0.337 e. The van der Waals surface area contributed by atoms with E-state index in [1.807, 2.05) is 0 Å². The highest BCUT2D eigenvalue weighted by Crippen LogP contribution is 2.25. The van der Waals surface area contributed by atoms with Crippen LogP contribution in [0.15, 0.2) is 42.5 Å². The number of rotatable bonds is 7. The van der Waals surface area contributed by atoms with Crippen LogP contribution in [0.4, 0.5) is 0 Å². The van der Waals surface area contributed by atoms with Crippen LogP contribution in [0.3, 0.4) is 0 Å². The number of carboxylic acids is 1. The first kappa shape index (κ1) is 20.3. The van der Waals surface area contributed by atoms with E-state index in [4.69, 9.17) is 16.3 Å². The van der Waals surface area contributed by atoms with Gasteiger partial charge < -0.3 is 19.9 Å². The average molecular weight is 392 g/mol. The van der Waals surface area contributed by atoms with Gasteiger partial charge in [0.15, 0.2) is 0 Å². The van der Waals surface area contributed by atoms with Gasteiger partial charge in [-0.25, -0.2) is 9.59 Å². The van der Waals surface area contributed by atoms with Gasteiger partial charge in [0.25, 0.3) is 5.91 Å². The van der Waals surface area contributed by atoms with Crippen LogP contribution in [0.1, 0.15) is 26.3 Å². The van der Waals surface area contributed by atoms with Crippen molar-refractivity contribution in [1.82, 2.24) is 5.32 Å². The number of hydrogen-bond donors (Lipinski definition) is 2. The van der Waals surface area contributed by atoms with E-state index < -0.39 is 23.9 Å². The van der Waals surface area contributed by atoms with E-state index in [9.17, 15) is 19.5 Å².